The summed E-state index contributed by atoms with van der Waals surface area (Å²) in [5.74, 6) is -0.0424. The SMILES string of the molecule is CCCc1ccc(Nc2ncc(N)cc2C(=O)OC)cc1. The predicted octanol–water partition coefficient (Wildman–Crippen LogP) is 3.15. The standard InChI is InChI=1S/C16H19N3O2/c1-3-4-11-5-7-13(8-6-11)19-15-14(16(20)21-2)9-12(17)10-18-15/h5-10H,3-4,17H2,1-2H3,(H,18,19). The number of carbonyl (C=O) groups excluding carboxylic acids is 1. The van der Waals surface area contributed by atoms with Gasteiger partial charge in [-0.15, -0.1) is 0 Å². The summed E-state index contributed by atoms with van der Waals surface area (Å²) in [6.45, 7) is 2.15. The number of nitrogens with one attached hydrogen (secondary N) is 1. The van der Waals surface area contributed by atoms with Crippen molar-refractivity contribution < 1.29 is 9.53 Å². The zero-order valence-electron chi connectivity index (χ0n) is 12.2. The van der Waals surface area contributed by atoms with Crippen LogP contribution in [0.1, 0.15) is 29.3 Å². The van der Waals surface area contributed by atoms with Gasteiger partial charge in [0.25, 0.3) is 0 Å². The van der Waals surface area contributed by atoms with Crippen molar-refractivity contribution in [2.75, 3.05) is 18.2 Å². The van der Waals surface area contributed by atoms with Crippen LogP contribution < -0.4 is 11.1 Å². The third-order valence-corrected chi connectivity index (χ3v) is 3.07. The average molecular weight is 285 g/mol. The third kappa shape index (κ3) is 3.72. The minimum absolute atomic E-state index is 0.315. The topological polar surface area (TPSA) is 77.2 Å². The molecule has 0 saturated carbocycles. The molecule has 0 radical (unpaired) electrons. The van der Waals surface area contributed by atoms with Crippen molar-refractivity contribution in [1.29, 1.82) is 0 Å². The fourth-order valence-electron chi connectivity index (χ4n) is 2.03. The van der Waals surface area contributed by atoms with Gasteiger partial charge in [0.1, 0.15) is 11.4 Å². The Balaban J connectivity index is 2.24. The predicted molar refractivity (Wildman–Crippen MR) is 83.7 cm³/mol. The minimum atomic E-state index is -0.472. The summed E-state index contributed by atoms with van der Waals surface area (Å²) in [5.41, 5.74) is 8.54. The molecule has 1 heterocycles. The highest BCUT2D eigenvalue weighted by atomic mass is 16.5. The van der Waals surface area contributed by atoms with Crippen LogP contribution in [0.25, 0.3) is 0 Å². The summed E-state index contributed by atoms with van der Waals surface area (Å²) in [4.78, 5) is 15.9. The van der Waals surface area contributed by atoms with Crippen LogP contribution in [0.15, 0.2) is 36.5 Å². The van der Waals surface area contributed by atoms with Crippen LogP contribution in [0.2, 0.25) is 0 Å². The third-order valence-electron chi connectivity index (χ3n) is 3.07. The van der Waals surface area contributed by atoms with Gasteiger partial charge in [0.05, 0.1) is 19.0 Å². The van der Waals surface area contributed by atoms with Crippen molar-refractivity contribution in [3.63, 3.8) is 0 Å². The zero-order valence-corrected chi connectivity index (χ0v) is 12.2. The lowest BCUT2D eigenvalue weighted by molar-refractivity contribution is 0.0601. The summed E-state index contributed by atoms with van der Waals surface area (Å²) in [6, 6.07) is 9.59. The van der Waals surface area contributed by atoms with E-state index < -0.39 is 5.97 Å². The first kappa shape index (κ1) is 14.8. The van der Waals surface area contributed by atoms with E-state index in [-0.39, 0.29) is 0 Å². The number of aryl methyl sites for hydroxylation is 1. The summed E-state index contributed by atoms with van der Waals surface area (Å²) < 4.78 is 4.75. The van der Waals surface area contributed by atoms with Crippen molar-refractivity contribution in [1.82, 2.24) is 4.98 Å². The number of esters is 1. The van der Waals surface area contributed by atoms with E-state index in [4.69, 9.17) is 10.5 Å². The van der Waals surface area contributed by atoms with E-state index in [0.29, 0.717) is 17.1 Å². The molecule has 21 heavy (non-hydrogen) atoms. The number of hydrogen-bond donors (Lipinski definition) is 2. The van der Waals surface area contributed by atoms with E-state index in [0.717, 1.165) is 18.5 Å². The molecule has 5 heteroatoms. The maximum absolute atomic E-state index is 11.8. The first-order valence-corrected chi connectivity index (χ1v) is 6.84. The number of methoxy groups -OCH3 is 1. The zero-order chi connectivity index (χ0) is 15.2. The molecular weight excluding hydrogens is 266 g/mol. The number of ether oxygens (including phenoxy) is 1. The number of anilines is 3. The lowest BCUT2D eigenvalue weighted by Crippen LogP contribution is -2.08. The Hall–Kier alpha value is -2.56. The Morgan fingerprint density at radius 2 is 2.05 bits per heavy atom. The van der Waals surface area contributed by atoms with Gasteiger partial charge in [-0.05, 0) is 30.2 Å². The minimum Gasteiger partial charge on any atom is -0.465 e. The summed E-state index contributed by atoms with van der Waals surface area (Å²) in [7, 11) is 1.33. The van der Waals surface area contributed by atoms with Crippen LogP contribution in [0.3, 0.4) is 0 Å². The molecule has 1 aromatic heterocycles. The number of nitrogen functional groups attached to an aromatic ring is 1. The number of nitrogens with zero attached hydrogens (tertiary/aromatic N) is 1. The molecule has 0 aliphatic heterocycles. The highest BCUT2D eigenvalue weighted by molar-refractivity contribution is 5.96. The van der Waals surface area contributed by atoms with Crippen molar-refractivity contribution in [3.05, 3.63) is 47.7 Å². The van der Waals surface area contributed by atoms with E-state index in [1.54, 1.807) is 6.07 Å². The highest BCUT2D eigenvalue weighted by Crippen LogP contribution is 2.21. The smallest absolute Gasteiger partial charge is 0.341 e. The van der Waals surface area contributed by atoms with Gasteiger partial charge in [0.15, 0.2) is 0 Å². The summed E-state index contributed by atoms with van der Waals surface area (Å²) >= 11 is 0. The second-order valence-corrected chi connectivity index (χ2v) is 4.73. The Bertz CT molecular complexity index is 624. The van der Waals surface area contributed by atoms with Gasteiger partial charge in [-0.2, -0.15) is 0 Å². The molecule has 0 saturated heterocycles. The van der Waals surface area contributed by atoms with Crippen LogP contribution in [-0.2, 0) is 11.2 Å². The number of nitrogens with two attached hydrogens (primary N) is 1. The molecule has 2 rings (SSSR count). The lowest BCUT2D eigenvalue weighted by atomic mass is 10.1. The van der Waals surface area contributed by atoms with Gasteiger partial charge in [-0.1, -0.05) is 25.5 Å². The Labute approximate surface area is 124 Å². The maximum Gasteiger partial charge on any atom is 0.341 e. The Kier molecular flexibility index (Phi) is 4.77. The number of pyridine rings is 1. The molecule has 0 aliphatic rings. The monoisotopic (exact) mass is 285 g/mol. The second kappa shape index (κ2) is 6.74. The Morgan fingerprint density at radius 3 is 2.67 bits per heavy atom. The Morgan fingerprint density at radius 1 is 1.33 bits per heavy atom. The van der Waals surface area contributed by atoms with Crippen molar-refractivity contribution in [2.45, 2.75) is 19.8 Å². The number of carbonyl (C=O) groups is 1. The van der Waals surface area contributed by atoms with Gasteiger partial charge in [0, 0.05) is 5.69 Å². The average Bonchev–Trinajstić information content (AvgIpc) is 2.50. The van der Waals surface area contributed by atoms with Gasteiger partial charge in [-0.25, -0.2) is 9.78 Å². The van der Waals surface area contributed by atoms with E-state index in [1.807, 2.05) is 12.1 Å². The first-order valence-electron chi connectivity index (χ1n) is 6.84. The molecule has 0 aliphatic carbocycles. The van der Waals surface area contributed by atoms with Crippen LogP contribution in [0.4, 0.5) is 17.2 Å². The number of benzene rings is 1. The number of rotatable bonds is 5. The van der Waals surface area contributed by atoms with E-state index in [1.165, 1.54) is 18.9 Å². The molecule has 2 aromatic rings. The van der Waals surface area contributed by atoms with Crippen LogP contribution in [0, 0.1) is 0 Å². The molecule has 3 N–H and O–H groups in total. The fourth-order valence-corrected chi connectivity index (χ4v) is 2.03. The molecule has 0 fully saturated rings. The van der Waals surface area contributed by atoms with Crippen LogP contribution in [0.5, 0.6) is 0 Å². The normalized spacial score (nSPS) is 10.2. The molecular formula is C16H19N3O2. The summed E-state index contributed by atoms with van der Waals surface area (Å²) in [6.07, 6.45) is 3.66. The van der Waals surface area contributed by atoms with Crippen LogP contribution in [-0.4, -0.2) is 18.1 Å². The highest BCUT2D eigenvalue weighted by Gasteiger charge is 2.14. The molecule has 0 atom stereocenters. The molecule has 0 spiro atoms. The van der Waals surface area contributed by atoms with E-state index in [9.17, 15) is 4.79 Å². The van der Waals surface area contributed by atoms with Crippen LogP contribution >= 0.6 is 0 Å². The fraction of sp³-hybridized carbons (Fsp3) is 0.250. The van der Waals surface area contributed by atoms with Gasteiger partial charge in [0.2, 0.25) is 0 Å². The summed E-state index contributed by atoms with van der Waals surface area (Å²) in [5, 5.41) is 3.12. The van der Waals surface area contributed by atoms with E-state index >= 15 is 0 Å². The number of aromatic nitrogens is 1. The van der Waals surface area contributed by atoms with E-state index in [2.05, 4.69) is 29.4 Å². The molecule has 0 bridgehead atoms. The van der Waals surface area contributed by atoms with Crippen molar-refractivity contribution >= 4 is 23.2 Å². The van der Waals surface area contributed by atoms with Gasteiger partial charge in [-0.3, -0.25) is 0 Å². The number of hydrogen-bond acceptors (Lipinski definition) is 5. The lowest BCUT2D eigenvalue weighted by Gasteiger charge is -2.11. The van der Waals surface area contributed by atoms with Crippen molar-refractivity contribution in [3.8, 4) is 0 Å². The maximum atomic E-state index is 11.8. The van der Waals surface area contributed by atoms with Crippen molar-refractivity contribution in [2.24, 2.45) is 0 Å². The first-order chi connectivity index (χ1) is 10.1. The molecule has 5 nitrogen and oxygen atoms in total. The van der Waals surface area contributed by atoms with Gasteiger partial charge < -0.3 is 15.8 Å². The van der Waals surface area contributed by atoms with Gasteiger partial charge >= 0.3 is 5.97 Å². The largest absolute Gasteiger partial charge is 0.465 e. The molecule has 1 aromatic carbocycles. The molecule has 0 amide bonds. The molecule has 0 unspecified atom stereocenters. The second-order valence-electron chi connectivity index (χ2n) is 4.73. The quantitative estimate of drug-likeness (QED) is 0.825. The molecule has 110 valence electrons.